The molecule has 3 unspecified atom stereocenters. The Morgan fingerprint density at radius 1 is 1.09 bits per heavy atom. The number of aromatic nitrogens is 2. The lowest BCUT2D eigenvalue weighted by atomic mass is 9.52. The molecule has 4 bridgehead atoms. The molecule has 32 heavy (non-hydrogen) atoms. The minimum Gasteiger partial charge on any atom is -0.390 e. The Kier molecular flexibility index (Phi) is 4.81. The predicted molar refractivity (Wildman–Crippen MR) is 111 cm³/mol. The fourth-order valence-electron chi connectivity index (χ4n) is 6.00. The van der Waals surface area contributed by atoms with Gasteiger partial charge in [-0.1, -0.05) is 0 Å². The molecule has 0 spiro atoms. The zero-order valence-electron chi connectivity index (χ0n) is 17.2. The van der Waals surface area contributed by atoms with Crippen molar-refractivity contribution >= 4 is 23.2 Å². The first-order valence-electron chi connectivity index (χ1n) is 10.7. The number of halogens is 3. The molecule has 170 valence electrons. The van der Waals surface area contributed by atoms with Crippen LogP contribution < -0.4 is 16.4 Å². The molecule has 4 aliphatic rings. The topological polar surface area (TPSA) is 113 Å². The number of nitrogens with zero attached hydrogens (tertiary/aromatic N) is 2. The summed E-state index contributed by atoms with van der Waals surface area (Å²) in [6.07, 6.45) is 2.10. The van der Waals surface area contributed by atoms with Gasteiger partial charge in [-0.3, -0.25) is 4.79 Å². The molecule has 0 saturated heterocycles. The summed E-state index contributed by atoms with van der Waals surface area (Å²) in [5.41, 5.74) is 4.90. The van der Waals surface area contributed by atoms with E-state index in [2.05, 4.69) is 20.6 Å². The smallest absolute Gasteiger partial charge is 0.390 e. The largest absolute Gasteiger partial charge is 0.417 e. The molecule has 0 radical (unpaired) electrons. The molecule has 0 aromatic carbocycles. The van der Waals surface area contributed by atoms with Gasteiger partial charge in [-0.15, -0.1) is 0 Å². The number of amides is 1. The van der Waals surface area contributed by atoms with Gasteiger partial charge in [-0.05, 0) is 62.0 Å². The third kappa shape index (κ3) is 3.87. The molecule has 1 amide bonds. The van der Waals surface area contributed by atoms with Gasteiger partial charge in [-0.2, -0.15) is 13.2 Å². The summed E-state index contributed by atoms with van der Waals surface area (Å²) in [6, 6.07) is 3.90. The number of hydrogen-bond donors (Lipinski definition) is 4. The number of carbonyl (C=O) groups is 1. The molecule has 4 fully saturated rings. The number of hydrogen-bond acceptors (Lipinski definition) is 6. The van der Waals surface area contributed by atoms with E-state index in [1.54, 1.807) is 6.07 Å². The summed E-state index contributed by atoms with van der Waals surface area (Å²) in [6.45, 7) is 0. The van der Waals surface area contributed by atoms with Crippen molar-refractivity contribution in [3.05, 3.63) is 41.7 Å². The maximum Gasteiger partial charge on any atom is 0.417 e. The minimum absolute atomic E-state index is 0.115. The van der Waals surface area contributed by atoms with E-state index in [-0.39, 0.29) is 17.4 Å². The van der Waals surface area contributed by atoms with Crippen molar-refractivity contribution in [3.8, 4) is 0 Å². The monoisotopic (exact) mass is 447 g/mol. The van der Waals surface area contributed by atoms with Crippen LogP contribution >= 0.6 is 0 Å². The number of anilines is 3. The van der Waals surface area contributed by atoms with Crippen LogP contribution in [0.4, 0.5) is 30.5 Å². The number of pyridine rings is 2. The van der Waals surface area contributed by atoms with Crippen LogP contribution in [0.3, 0.4) is 0 Å². The van der Waals surface area contributed by atoms with Gasteiger partial charge >= 0.3 is 6.18 Å². The van der Waals surface area contributed by atoms with Crippen LogP contribution in [0.5, 0.6) is 0 Å². The molecular weight excluding hydrogens is 423 g/mol. The molecule has 2 heterocycles. The highest BCUT2D eigenvalue weighted by Gasteiger charge is 2.54. The van der Waals surface area contributed by atoms with Crippen LogP contribution in [-0.4, -0.2) is 32.6 Å². The maximum atomic E-state index is 12.7. The molecule has 4 aliphatic carbocycles. The highest BCUT2D eigenvalue weighted by Crippen LogP contribution is 2.56. The lowest BCUT2D eigenvalue weighted by Gasteiger charge is -2.58. The fourth-order valence-corrected chi connectivity index (χ4v) is 6.00. The molecular formula is C22H24F3N5O2. The van der Waals surface area contributed by atoms with Crippen LogP contribution in [0.2, 0.25) is 0 Å². The molecule has 10 heteroatoms. The number of carbonyl (C=O) groups excluding carboxylic acids is 1. The van der Waals surface area contributed by atoms with E-state index in [0.29, 0.717) is 29.3 Å². The molecule has 4 saturated carbocycles. The maximum absolute atomic E-state index is 12.7. The summed E-state index contributed by atoms with van der Waals surface area (Å²) < 4.78 is 38.2. The van der Waals surface area contributed by atoms with Crippen molar-refractivity contribution < 1.29 is 23.1 Å². The van der Waals surface area contributed by atoms with Gasteiger partial charge in [-0.25, -0.2) is 9.97 Å². The lowest BCUT2D eigenvalue weighted by molar-refractivity contribution is -0.137. The molecule has 2 aromatic rings. The summed E-state index contributed by atoms with van der Waals surface area (Å²) in [4.78, 5) is 20.0. The Bertz CT molecular complexity index is 1030. The summed E-state index contributed by atoms with van der Waals surface area (Å²) >= 11 is 0. The van der Waals surface area contributed by atoms with Crippen LogP contribution in [0.25, 0.3) is 0 Å². The quantitative estimate of drug-likeness (QED) is 0.556. The van der Waals surface area contributed by atoms with Gasteiger partial charge in [0.15, 0.2) is 0 Å². The van der Waals surface area contributed by atoms with E-state index in [0.717, 1.165) is 44.4 Å². The standard InChI is InChI=1S/C22H24F3N5O2/c23-22(24,25)14-1-2-17(27-9-14)30-18-5-16(15(10-28-18)20(26)31)29-19-12-3-11-4-13(19)8-21(32,6-11)7-12/h1-2,5,9-13,19,32H,3-4,6-8H2,(H2,26,31)(H2,27,28,29,30)/t11?,12-,13+,19?,21?. The normalized spacial score (nSPS) is 30.9. The lowest BCUT2D eigenvalue weighted by Crippen LogP contribution is -2.59. The number of nitrogens with one attached hydrogen (secondary N) is 2. The van der Waals surface area contributed by atoms with Crippen LogP contribution in [0, 0.1) is 17.8 Å². The van der Waals surface area contributed by atoms with E-state index in [1.165, 1.54) is 12.3 Å². The molecule has 0 aliphatic heterocycles. The van der Waals surface area contributed by atoms with Crippen molar-refractivity contribution in [2.75, 3.05) is 10.6 Å². The van der Waals surface area contributed by atoms with E-state index in [1.807, 2.05) is 0 Å². The van der Waals surface area contributed by atoms with Gasteiger partial charge in [0.05, 0.1) is 22.4 Å². The Morgan fingerprint density at radius 3 is 2.34 bits per heavy atom. The second-order valence-corrected chi connectivity index (χ2v) is 9.40. The van der Waals surface area contributed by atoms with Crippen LogP contribution in [0.15, 0.2) is 30.6 Å². The van der Waals surface area contributed by atoms with Crippen molar-refractivity contribution in [2.24, 2.45) is 23.5 Å². The molecule has 5 N–H and O–H groups in total. The first kappa shape index (κ1) is 21.0. The van der Waals surface area contributed by atoms with Crippen LogP contribution in [-0.2, 0) is 6.18 Å². The van der Waals surface area contributed by atoms with Crippen molar-refractivity contribution in [1.82, 2.24) is 9.97 Å². The Labute approximate surface area is 182 Å². The number of alkyl halides is 3. The number of rotatable bonds is 5. The van der Waals surface area contributed by atoms with Crippen molar-refractivity contribution in [2.45, 2.75) is 49.9 Å². The Balaban J connectivity index is 1.38. The average Bonchev–Trinajstić information content (AvgIpc) is 2.69. The highest BCUT2D eigenvalue weighted by molar-refractivity contribution is 5.98. The van der Waals surface area contributed by atoms with Crippen molar-refractivity contribution in [3.63, 3.8) is 0 Å². The second-order valence-electron chi connectivity index (χ2n) is 9.40. The van der Waals surface area contributed by atoms with Crippen LogP contribution in [0.1, 0.15) is 48.0 Å². The second kappa shape index (κ2) is 7.33. The third-order valence-electron chi connectivity index (χ3n) is 7.08. The van der Waals surface area contributed by atoms with E-state index < -0.39 is 23.2 Å². The van der Waals surface area contributed by atoms with Gasteiger partial charge in [0.1, 0.15) is 11.6 Å². The average molecular weight is 447 g/mol. The van der Waals surface area contributed by atoms with E-state index >= 15 is 0 Å². The van der Waals surface area contributed by atoms with Gasteiger partial charge in [0.25, 0.3) is 5.91 Å². The highest BCUT2D eigenvalue weighted by atomic mass is 19.4. The van der Waals surface area contributed by atoms with E-state index in [4.69, 9.17) is 5.73 Å². The zero-order valence-corrected chi connectivity index (χ0v) is 17.2. The molecule has 2 aromatic heterocycles. The molecule has 7 nitrogen and oxygen atoms in total. The third-order valence-corrected chi connectivity index (χ3v) is 7.08. The van der Waals surface area contributed by atoms with Gasteiger partial charge in [0, 0.05) is 24.5 Å². The number of primary amides is 1. The van der Waals surface area contributed by atoms with Crippen molar-refractivity contribution in [1.29, 1.82) is 0 Å². The van der Waals surface area contributed by atoms with Gasteiger partial charge < -0.3 is 21.5 Å². The Hall–Kier alpha value is -2.88. The molecule has 6 rings (SSSR count). The fraction of sp³-hybridized carbons (Fsp3) is 0.500. The predicted octanol–water partition coefficient (Wildman–Crippen LogP) is 3.69. The SMILES string of the molecule is NC(=O)c1cnc(Nc2ccc(C(F)(F)F)cn2)cc1NC1[C@@H]2CC3C[C@H]1CC(O)(C3)C2. The molecule has 5 atom stereocenters. The number of nitrogens with two attached hydrogens (primary N) is 1. The zero-order chi connectivity index (χ0) is 22.7. The summed E-state index contributed by atoms with van der Waals surface area (Å²) in [5.74, 6) is 1.07. The van der Waals surface area contributed by atoms with E-state index in [9.17, 15) is 23.1 Å². The van der Waals surface area contributed by atoms with Gasteiger partial charge in [0.2, 0.25) is 0 Å². The minimum atomic E-state index is -4.46. The number of aliphatic hydroxyl groups is 1. The summed E-state index contributed by atoms with van der Waals surface area (Å²) in [7, 11) is 0. The first-order valence-corrected chi connectivity index (χ1v) is 10.7. The summed E-state index contributed by atoms with van der Waals surface area (Å²) in [5, 5.41) is 17.2. The Morgan fingerprint density at radius 2 is 1.78 bits per heavy atom. The first-order chi connectivity index (χ1) is 15.1.